The number of sulfonamides is 1. The number of hydrogen-bond acceptors (Lipinski definition) is 3. The highest BCUT2D eigenvalue weighted by atomic mass is 32.2. The molecule has 1 heterocycles. The van der Waals surface area contributed by atoms with E-state index in [-0.39, 0.29) is 4.90 Å². The van der Waals surface area contributed by atoms with Crippen molar-refractivity contribution in [2.75, 3.05) is 6.61 Å². The fraction of sp³-hybridized carbons (Fsp3) is 0.333. The monoisotopic (exact) mass is 385 g/mol. The highest BCUT2D eigenvalue weighted by Crippen LogP contribution is 2.30. The summed E-state index contributed by atoms with van der Waals surface area (Å²) in [6.07, 6.45) is -3.21. The molecule has 0 saturated carbocycles. The zero-order valence-electron chi connectivity index (χ0n) is 14.0. The Morgan fingerprint density at radius 1 is 1.15 bits per heavy atom. The number of alkyl halides is 3. The van der Waals surface area contributed by atoms with E-state index in [4.69, 9.17) is 4.74 Å². The summed E-state index contributed by atoms with van der Waals surface area (Å²) in [5.41, 5.74) is 1.18. The van der Waals surface area contributed by atoms with Crippen LogP contribution in [-0.4, -0.2) is 21.1 Å². The first-order chi connectivity index (χ1) is 12.1. The Morgan fingerprint density at radius 2 is 1.85 bits per heavy atom. The first-order valence-electron chi connectivity index (χ1n) is 8.09. The van der Waals surface area contributed by atoms with E-state index in [1.807, 2.05) is 18.2 Å². The quantitative estimate of drug-likeness (QED) is 0.857. The van der Waals surface area contributed by atoms with Crippen molar-refractivity contribution < 1.29 is 26.3 Å². The molecule has 2 aromatic carbocycles. The van der Waals surface area contributed by atoms with Gasteiger partial charge in [-0.15, -0.1) is 0 Å². The minimum absolute atomic E-state index is 0.195. The van der Waals surface area contributed by atoms with E-state index < -0.39 is 27.8 Å². The summed E-state index contributed by atoms with van der Waals surface area (Å²) < 4.78 is 70.5. The molecule has 0 unspecified atom stereocenters. The van der Waals surface area contributed by atoms with Gasteiger partial charge in [-0.05, 0) is 54.8 Å². The van der Waals surface area contributed by atoms with Crippen molar-refractivity contribution in [3.63, 3.8) is 0 Å². The summed E-state index contributed by atoms with van der Waals surface area (Å²) in [5.74, 6) is 0.853. The van der Waals surface area contributed by atoms with Crippen LogP contribution in [0.5, 0.6) is 5.75 Å². The highest BCUT2D eigenvalue weighted by molar-refractivity contribution is 7.89. The van der Waals surface area contributed by atoms with Crippen LogP contribution >= 0.6 is 0 Å². The number of benzene rings is 2. The SMILES string of the molecule is C[C@@H](Cc1ccc2c(c1)CCO2)NS(=O)(=O)c1ccc(C(F)(F)F)cc1. The maximum absolute atomic E-state index is 12.6. The van der Waals surface area contributed by atoms with Gasteiger partial charge in [0.2, 0.25) is 10.0 Å². The molecular formula is C18H18F3NO3S. The fourth-order valence-electron chi connectivity index (χ4n) is 2.92. The van der Waals surface area contributed by atoms with Crippen LogP contribution in [0, 0.1) is 0 Å². The molecule has 1 aliphatic heterocycles. The molecule has 0 spiro atoms. The van der Waals surface area contributed by atoms with Crippen molar-refractivity contribution in [3.05, 3.63) is 59.2 Å². The molecule has 1 atom stereocenters. The fourth-order valence-corrected chi connectivity index (χ4v) is 4.16. The van der Waals surface area contributed by atoms with Gasteiger partial charge in [0.25, 0.3) is 0 Å². The van der Waals surface area contributed by atoms with Crippen molar-refractivity contribution in [2.24, 2.45) is 0 Å². The maximum atomic E-state index is 12.6. The largest absolute Gasteiger partial charge is 0.493 e. The Kier molecular flexibility index (Phi) is 4.98. The summed E-state index contributed by atoms with van der Waals surface area (Å²) in [5, 5.41) is 0. The van der Waals surface area contributed by atoms with E-state index >= 15 is 0 Å². The average molecular weight is 385 g/mol. The zero-order chi connectivity index (χ0) is 18.9. The van der Waals surface area contributed by atoms with E-state index in [1.165, 1.54) is 0 Å². The van der Waals surface area contributed by atoms with Crippen molar-refractivity contribution in [1.29, 1.82) is 0 Å². The molecule has 0 radical (unpaired) electrons. The molecule has 8 heteroatoms. The summed E-state index contributed by atoms with van der Waals surface area (Å²) in [6.45, 7) is 2.36. The van der Waals surface area contributed by atoms with Gasteiger partial charge in [0.05, 0.1) is 17.1 Å². The van der Waals surface area contributed by atoms with Crippen molar-refractivity contribution in [1.82, 2.24) is 4.72 Å². The number of fused-ring (bicyclic) bond motifs is 1. The van der Waals surface area contributed by atoms with Gasteiger partial charge in [0, 0.05) is 12.5 Å². The molecule has 0 saturated heterocycles. The first kappa shape index (κ1) is 18.7. The molecule has 1 aliphatic rings. The van der Waals surface area contributed by atoms with Crippen LogP contribution in [0.15, 0.2) is 47.4 Å². The van der Waals surface area contributed by atoms with Crippen LogP contribution in [-0.2, 0) is 29.0 Å². The molecule has 0 aromatic heterocycles. The van der Waals surface area contributed by atoms with E-state index in [0.29, 0.717) is 13.0 Å². The number of nitrogens with one attached hydrogen (secondary N) is 1. The van der Waals surface area contributed by atoms with E-state index in [0.717, 1.165) is 47.6 Å². The van der Waals surface area contributed by atoms with E-state index in [2.05, 4.69) is 4.72 Å². The topological polar surface area (TPSA) is 55.4 Å². The first-order valence-corrected chi connectivity index (χ1v) is 9.58. The van der Waals surface area contributed by atoms with Crippen LogP contribution in [0.25, 0.3) is 0 Å². The second kappa shape index (κ2) is 6.92. The molecular weight excluding hydrogens is 367 g/mol. The van der Waals surface area contributed by atoms with Gasteiger partial charge in [0.1, 0.15) is 5.75 Å². The van der Waals surface area contributed by atoms with Gasteiger partial charge in [-0.25, -0.2) is 13.1 Å². The second-order valence-corrected chi connectivity index (χ2v) is 8.00. The number of ether oxygens (including phenoxy) is 1. The van der Waals surface area contributed by atoms with Gasteiger partial charge in [0.15, 0.2) is 0 Å². The molecule has 0 fully saturated rings. The van der Waals surface area contributed by atoms with Crippen LogP contribution in [0.1, 0.15) is 23.6 Å². The number of hydrogen-bond donors (Lipinski definition) is 1. The predicted octanol–water partition coefficient (Wildman–Crippen LogP) is 3.55. The van der Waals surface area contributed by atoms with E-state index in [1.54, 1.807) is 6.92 Å². The third kappa shape index (κ3) is 4.19. The number of rotatable bonds is 5. The smallest absolute Gasteiger partial charge is 0.416 e. The Bertz CT molecular complexity index is 893. The molecule has 140 valence electrons. The van der Waals surface area contributed by atoms with Crippen molar-refractivity contribution >= 4 is 10.0 Å². The van der Waals surface area contributed by atoms with Crippen molar-refractivity contribution in [3.8, 4) is 5.75 Å². The van der Waals surface area contributed by atoms with Gasteiger partial charge >= 0.3 is 6.18 Å². The van der Waals surface area contributed by atoms with Gasteiger partial charge in [-0.3, -0.25) is 0 Å². The van der Waals surface area contributed by atoms with Crippen molar-refractivity contribution in [2.45, 2.75) is 36.9 Å². The standard InChI is InChI=1S/C18H18F3NO3S/c1-12(10-13-2-7-17-14(11-13)8-9-25-17)22-26(23,24)16-5-3-15(4-6-16)18(19,20)21/h2-7,11-12,22H,8-10H2,1H3/t12-/m0/s1. The molecule has 1 N–H and O–H groups in total. The molecule has 26 heavy (non-hydrogen) atoms. The Balaban J connectivity index is 1.68. The molecule has 0 aliphatic carbocycles. The Morgan fingerprint density at radius 3 is 2.50 bits per heavy atom. The van der Waals surface area contributed by atoms with Crippen LogP contribution in [0.4, 0.5) is 13.2 Å². The Hall–Kier alpha value is -2.06. The molecule has 3 rings (SSSR count). The molecule has 4 nitrogen and oxygen atoms in total. The predicted molar refractivity (Wildman–Crippen MR) is 90.6 cm³/mol. The number of halogens is 3. The minimum atomic E-state index is -4.50. The maximum Gasteiger partial charge on any atom is 0.416 e. The van der Waals surface area contributed by atoms with E-state index in [9.17, 15) is 21.6 Å². The summed E-state index contributed by atoms with van der Waals surface area (Å²) in [6, 6.07) is 8.78. The van der Waals surface area contributed by atoms with Gasteiger partial charge in [-0.2, -0.15) is 13.2 Å². The van der Waals surface area contributed by atoms with Gasteiger partial charge < -0.3 is 4.74 Å². The molecule has 2 aromatic rings. The normalized spacial score (nSPS) is 15.4. The minimum Gasteiger partial charge on any atom is -0.493 e. The van der Waals surface area contributed by atoms with Crippen LogP contribution in [0.3, 0.4) is 0 Å². The third-order valence-corrected chi connectivity index (χ3v) is 5.75. The molecule has 0 bridgehead atoms. The Labute approximate surface area is 150 Å². The lowest BCUT2D eigenvalue weighted by Crippen LogP contribution is -2.34. The zero-order valence-corrected chi connectivity index (χ0v) is 14.8. The summed E-state index contributed by atoms with van der Waals surface area (Å²) in [7, 11) is -3.90. The van der Waals surface area contributed by atoms with Crippen LogP contribution < -0.4 is 9.46 Å². The lowest BCUT2D eigenvalue weighted by Gasteiger charge is -2.15. The van der Waals surface area contributed by atoms with Crippen LogP contribution in [0.2, 0.25) is 0 Å². The average Bonchev–Trinajstić information content (AvgIpc) is 3.01. The van der Waals surface area contributed by atoms with Gasteiger partial charge in [-0.1, -0.05) is 12.1 Å². The summed E-state index contributed by atoms with van der Waals surface area (Å²) >= 11 is 0. The highest BCUT2D eigenvalue weighted by Gasteiger charge is 2.30. The second-order valence-electron chi connectivity index (χ2n) is 6.29. The molecule has 0 amide bonds. The summed E-state index contributed by atoms with van der Waals surface area (Å²) in [4.78, 5) is -0.195. The third-order valence-electron chi connectivity index (χ3n) is 4.14. The lowest BCUT2D eigenvalue weighted by molar-refractivity contribution is -0.137. The lowest BCUT2D eigenvalue weighted by atomic mass is 10.0.